The molecule has 0 radical (unpaired) electrons. The van der Waals surface area contributed by atoms with Crippen molar-refractivity contribution in [2.75, 3.05) is 11.9 Å². The van der Waals surface area contributed by atoms with Gasteiger partial charge in [-0.3, -0.25) is 9.59 Å². The number of carbonyl (C=O) groups excluding carboxylic acids is 2. The summed E-state index contributed by atoms with van der Waals surface area (Å²) in [5.74, 6) is -0.755. The molecule has 3 rings (SSSR count). The average Bonchev–Trinajstić information content (AvgIpc) is 2.56. The molecule has 118 valence electrons. The van der Waals surface area contributed by atoms with Crippen LogP contribution in [0.25, 0.3) is 0 Å². The summed E-state index contributed by atoms with van der Waals surface area (Å²) in [6, 6.07) is 17.1. The van der Waals surface area contributed by atoms with E-state index in [1.807, 2.05) is 54.6 Å². The van der Waals surface area contributed by atoms with E-state index in [1.165, 1.54) is 0 Å². The van der Waals surface area contributed by atoms with Crippen LogP contribution < -0.4 is 5.32 Å². The van der Waals surface area contributed by atoms with Crippen LogP contribution in [0.3, 0.4) is 0 Å². The molecule has 0 aromatic heterocycles. The molecule has 23 heavy (non-hydrogen) atoms. The second-order valence-corrected chi connectivity index (χ2v) is 5.75. The monoisotopic (exact) mass is 309 g/mol. The topological polar surface area (TPSA) is 55.4 Å². The van der Waals surface area contributed by atoms with Crippen molar-refractivity contribution in [3.05, 3.63) is 65.7 Å². The van der Waals surface area contributed by atoms with E-state index in [2.05, 4.69) is 5.32 Å². The molecule has 1 N–H and O–H groups in total. The molecule has 1 unspecified atom stereocenters. The Morgan fingerprint density at radius 1 is 1.13 bits per heavy atom. The Balaban J connectivity index is 2.02. The maximum absolute atomic E-state index is 12.8. The highest BCUT2D eigenvalue weighted by atomic mass is 16.5. The highest BCUT2D eigenvalue weighted by molar-refractivity contribution is 6.11. The van der Waals surface area contributed by atoms with Gasteiger partial charge < -0.3 is 10.1 Å². The number of rotatable bonds is 4. The molecule has 0 saturated heterocycles. The van der Waals surface area contributed by atoms with E-state index >= 15 is 0 Å². The molecule has 4 heteroatoms. The fourth-order valence-corrected chi connectivity index (χ4v) is 3.04. The lowest BCUT2D eigenvalue weighted by Crippen LogP contribution is -2.50. The minimum atomic E-state index is -1.22. The van der Waals surface area contributed by atoms with E-state index in [0.29, 0.717) is 12.8 Å². The van der Waals surface area contributed by atoms with Crippen LogP contribution in [0.4, 0.5) is 5.69 Å². The molecule has 1 amide bonds. The number of fused-ring (bicyclic) bond motifs is 1. The van der Waals surface area contributed by atoms with Gasteiger partial charge in [0, 0.05) is 5.69 Å². The minimum absolute atomic E-state index is 0.254. The molecular formula is C19H19NO3. The van der Waals surface area contributed by atoms with E-state index < -0.39 is 11.4 Å². The maximum atomic E-state index is 12.8. The van der Waals surface area contributed by atoms with E-state index in [0.717, 1.165) is 16.8 Å². The Morgan fingerprint density at radius 3 is 2.57 bits per heavy atom. The zero-order valence-corrected chi connectivity index (χ0v) is 13.0. The quantitative estimate of drug-likeness (QED) is 0.698. The third kappa shape index (κ3) is 2.84. The van der Waals surface area contributed by atoms with Crippen LogP contribution >= 0.6 is 0 Å². The zero-order chi connectivity index (χ0) is 16.3. The molecule has 4 nitrogen and oxygen atoms in total. The predicted molar refractivity (Wildman–Crippen MR) is 88.0 cm³/mol. The van der Waals surface area contributed by atoms with Crippen molar-refractivity contribution in [1.82, 2.24) is 0 Å². The minimum Gasteiger partial charge on any atom is -0.465 e. The molecule has 2 aromatic rings. The second-order valence-electron chi connectivity index (χ2n) is 5.75. The Kier molecular flexibility index (Phi) is 4.15. The summed E-state index contributed by atoms with van der Waals surface area (Å²) >= 11 is 0. The molecule has 1 heterocycles. The molecule has 2 aromatic carbocycles. The van der Waals surface area contributed by atoms with Crippen molar-refractivity contribution < 1.29 is 14.3 Å². The van der Waals surface area contributed by atoms with Gasteiger partial charge in [-0.1, -0.05) is 48.5 Å². The van der Waals surface area contributed by atoms with Gasteiger partial charge in [-0.15, -0.1) is 0 Å². The lowest BCUT2D eigenvalue weighted by molar-refractivity contribution is -0.159. The fourth-order valence-electron chi connectivity index (χ4n) is 3.04. The summed E-state index contributed by atoms with van der Waals surface area (Å²) in [7, 11) is 0. The summed E-state index contributed by atoms with van der Waals surface area (Å²) in [6.45, 7) is 2.01. The van der Waals surface area contributed by atoms with Crippen molar-refractivity contribution in [1.29, 1.82) is 0 Å². The number of benzene rings is 2. The highest BCUT2D eigenvalue weighted by Crippen LogP contribution is 2.37. The van der Waals surface area contributed by atoms with Gasteiger partial charge in [-0.05, 0) is 37.0 Å². The largest absolute Gasteiger partial charge is 0.465 e. The van der Waals surface area contributed by atoms with E-state index in [1.54, 1.807) is 6.92 Å². The van der Waals surface area contributed by atoms with Gasteiger partial charge in [0.05, 0.1) is 6.61 Å². The van der Waals surface area contributed by atoms with Crippen molar-refractivity contribution in [3.8, 4) is 0 Å². The number of carbonyl (C=O) groups is 2. The molecule has 0 aliphatic carbocycles. The van der Waals surface area contributed by atoms with Crippen molar-refractivity contribution in [2.24, 2.45) is 5.41 Å². The Bertz CT molecular complexity index is 726. The first-order chi connectivity index (χ1) is 11.2. The number of para-hydroxylation sites is 1. The molecule has 0 bridgehead atoms. The van der Waals surface area contributed by atoms with Gasteiger partial charge in [-0.25, -0.2) is 0 Å². The van der Waals surface area contributed by atoms with Crippen LogP contribution in [0.1, 0.15) is 18.1 Å². The number of anilines is 1. The predicted octanol–water partition coefficient (Wildman–Crippen LogP) is 2.97. The summed E-state index contributed by atoms with van der Waals surface area (Å²) in [6.07, 6.45) is 0.676. The van der Waals surface area contributed by atoms with Gasteiger partial charge in [-0.2, -0.15) is 0 Å². The lowest BCUT2D eigenvalue weighted by Gasteiger charge is -2.35. The highest BCUT2D eigenvalue weighted by Gasteiger charge is 2.50. The van der Waals surface area contributed by atoms with E-state index in [4.69, 9.17) is 4.74 Å². The van der Waals surface area contributed by atoms with Gasteiger partial charge in [0.2, 0.25) is 5.91 Å². The van der Waals surface area contributed by atoms with Gasteiger partial charge in [0.1, 0.15) is 0 Å². The third-order valence-corrected chi connectivity index (χ3v) is 4.21. The van der Waals surface area contributed by atoms with Gasteiger partial charge >= 0.3 is 5.97 Å². The van der Waals surface area contributed by atoms with Gasteiger partial charge in [0.15, 0.2) is 5.41 Å². The third-order valence-electron chi connectivity index (χ3n) is 4.21. The Labute approximate surface area is 135 Å². The van der Waals surface area contributed by atoms with Crippen molar-refractivity contribution in [2.45, 2.75) is 19.8 Å². The number of hydrogen-bond acceptors (Lipinski definition) is 3. The summed E-state index contributed by atoms with van der Waals surface area (Å²) < 4.78 is 5.24. The first kappa shape index (κ1) is 15.3. The number of ether oxygens (including phenoxy) is 1. The van der Waals surface area contributed by atoms with Crippen molar-refractivity contribution in [3.63, 3.8) is 0 Å². The average molecular weight is 309 g/mol. The Morgan fingerprint density at radius 2 is 1.83 bits per heavy atom. The molecule has 0 saturated carbocycles. The number of amides is 1. The molecule has 0 spiro atoms. The lowest BCUT2D eigenvalue weighted by atomic mass is 9.73. The second kappa shape index (κ2) is 6.24. The SMILES string of the molecule is CCOC(=O)C1(Cc2ccccc2)Cc2ccccc2NC1=O. The zero-order valence-electron chi connectivity index (χ0n) is 13.0. The van der Waals surface area contributed by atoms with Crippen LogP contribution in [0.2, 0.25) is 0 Å². The normalized spacial score (nSPS) is 19.6. The van der Waals surface area contributed by atoms with Crippen molar-refractivity contribution >= 4 is 17.6 Å². The molecule has 1 aliphatic rings. The van der Waals surface area contributed by atoms with E-state index in [-0.39, 0.29) is 12.5 Å². The standard InChI is InChI=1S/C19H19NO3/c1-2-23-18(22)19(12-14-8-4-3-5-9-14)13-15-10-6-7-11-16(15)20-17(19)21/h3-11H,2,12-13H2,1H3,(H,20,21). The summed E-state index contributed by atoms with van der Waals surface area (Å²) in [5, 5.41) is 2.87. The molecular weight excluding hydrogens is 290 g/mol. The molecule has 1 aliphatic heterocycles. The van der Waals surface area contributed by atoms with Crippen LogP contribution in [0.15, 0.2) is 54.6 Å². The van der Waals surface area contributed by atoms with Crippen LogP contribution in [0.5, 0.6) is 0 Å². The number of hydrogen-bond donors (Lipinski definition) is 1. The van der Waals surface area contributed by atoms with Gasteiger partial charge in [0.25, 0.3) is 0 Å². The first-order valence-corrected chi connectivity index (χ1v) is 7.76. The van der Waals surface area contributed by atoms with E-state index in [9.17, 15) is 9.59 Å². The smallest absolute Gasteiger partial charge is 0.322 e. The number of nitrogens with one attached hydrogen (secondary N) is 1. The summed E-state index contributed by atoms with van der Waals surface area (Å²) in [5.41, 5.74) is 1.45. The maximum Gasteiger partial charge on any atom is 0.322 e. The summed E-state index contributed by atoms with van der Waals surface area (Å²) in [4.78, 5) is 25.4. The van der Waals surface area contributed by atoms with Crippen LogP contribution in [0, 0.1) is 5.41 Å². The Hall–Kier alpha value is -2.62. The van der Waals surface area contributed by atoms with Crippen LogP contribution in [-0.2, 0) is 27.2 Å². The number of esters is 1. The first-order valence-electron chi connectivity index (χ1n) is 7.76. The molecule has 0 fully saturated rings. The fraction of sp³-hybridized carbons (Fsp3) is 0.263. The molecule has 1 atom stereocenters. The van der Waals surface area contributed by atoms with Crippen LogP contribution in [-0.4, -0.2) is 18.5 Å².